The van der Waals surface area contributed by atoms with Crippen LogP contribution >= 0.6 is 0 Å². The van der Waals surface area contributed by atoms with Gasteiger partial charge in [0, 0.05) is 0 Å². The van der Waals surface area contributed by atoms with Gasteiger partial charge in [0.25, 0.3) is 0 Å². The Labute approximate surface area is 82.0 Å². The van der Waals surface area contributed by atoms with Gasteiger partial charge in [-0.2, -0.15) is 0 Å². The van der Waals surface area contributed by atoms with Gasteiger partial charge in [-0.05, 0) is 31.4 Å². The first-order valence-corrected chi connectivity index (χ1v) is 5.17. The zero-order valence-electron chi connectivity index (χ0n) is 8.79. The third-order valence-electron chi connectivity index (χ3n) is 1.76. The van der Waals surface area contributed by atoms with E-state index < -0.39 is 0 Å². The lowest BCUT2D eigenvalue weighted by Gasteiger charge is -1.98. The quantitative estimate of drug-likeness (QED) is 0.706. The number of hydrogen-bond donors (Lipinski definition) is 1. The fourth-order valence-corrected chi connectivity index (χ4v) is 1.12. The summed E-state index contributed by atoms with van der Waals surface area (Å²) in [6.07, 6.45) is 3.51. The van der Waals surface area contributed by atoms with Crippen LogP contribution in [0, 0.1) is 0 Å². The molecular formula is C12H21N. The SMILES string of the molecule is CC.NCCCCc1ccccc1. The lowest BCUT2D eigenvalue weighted by molar-refractivity contribution is 0.745. The summed E-state index contributed by atoms with van der Waals surface area (Å²) in [5, 5.41) is 0. The summed E-state index contributed by atoms with van der Waals surface area (Å²) in [6.45, 7) is 4.81. The molecule has 0 bridgehead atoms. The predicted octanol–water partition coefficient (Wildman–Crippen LogP) is 2.99. The molecule has 0 aliphatic rings. The van der Waals surface area contributed by atoms with Crippen molar-refractivity contribution in [2.75, 3.05) is 6.54 Å². The normalized spacial score (nSPS) is 8.85. The van der Waals surface area contributed by atoms with Gasteiger partial charge in [-0.15, -0.1) is 0 Å². The van der Waals surface area contributed by atoms with Crippen LogP contribution in [0.15, 0.2) is 30.3 Å². The first-order chi connectivity index (χ1) is 6.43. The maximum absolute atomic E-state index is 5.39. The van der Waals surface area contributed by atoms with Gasteiger partial charge in [0.2, 0.25) is 0 Å². The molecule has 0 amide bonds. The van der Waals surface area contributed by atoms with Crippen LogP contribution in [0.25, 0.3) is 0 Å². The second kappa shape index (κ2) is 9.27. The molecule has 0 saturated heterocycles. The summed E-state index contributed by atoms with van der Waals surface area (Å²) in [7, 11) is 0. The summed E-state index contributed by atoms with van der Waals surface area (Å²) in [5.74, 6) is 0. The van der Waals surface area contributed by atoms with Crippen LogP contribution in [0.4, 0.5) is 0 Å². The van der Waals surface area contributed by atoms with E-state index >= 15 is 0 Å². The van der Waals surface area contributed by atoms with Crippen molar-refractivity contribution in [3.63, 3.8) is 0 Å². The lowest BCUT2D eigenvalue weighted by atomic mass is 10.1. The minimum absolute atomic E-state index is 0.812. The van der Waals surface area contributed by atoms with E-state index in [0.29, 0.717) is 0 Å². The molecule has 0 atom stereocenters. The monoisotopic (exact) mass is 179 g/mol. The average molecular weight is 179 g/mol. The molecule has 1 nitrogen and oxygen atoms in total. The largest absolute Gasteiger partial charge is 0.330 e. The van der Waals surface area contributed by atoms with Crippen LogP contribution in [-0.4, -0.2) is 6.54 Å². The van der Waals surface area contributed by atoms with Gasteiger partial charge >= 0.3 is 0 Å². The minimum Gasteiger partial charge on any atom is -0.330 e. The van der Waals surface area contributed by atoms with Crippen molar-refractivity contribution in [2.45, 2.75) is 33.1 Å². The van der Waals surface area contributed by atoms with Gasteiger partial charge < -0.3 is 5.73 Å². The summed E-state index contributed by atoms with van der Waals surface area (Å²) < 4.78 is 0. The zero-order valence-corrected chi connectivity index (χ0v) is 8.79. The number of nitrogens with two attached hydrogens (primary N) is 1. The third kappa shape index (κ3) is 6.35. The highest BCUT2D eigenvalue weighted by molar-refractivity contribution is 5.14. The van der Waals surface area contributed by atoms with Gasteiger partial charge in [-0.1, -0.05) is 44.2 Å². The molecule has 0 aromatic heterocycles. The van der Waals surface area contributed by atoms with Crippen LogP contribution < -0.4 is 5.73 Å². The number of unbranched alkanes of at least 4 members (excludes halogenated alkanes) is 1. The maximum Gasteiger partial charge on any atom is -0.00772 e. The van der Waals surface area contributed by atoms with Crippen LogP contribution in [0.1, 0.15) is 32.3 Å². The Kier molecular flexibility index (Phi) is 8.68. The first kappa shape index (κ1) is 12.2. The van der Waals surface area contributed by atoms with E-state index in [1.165, 1.54) is 12.0 Å². The standard InChI is InChI=1S/C10H15N.C2H6/c11-9-5-4-8-10-6-2-1-3-7-10;1-2/h1-3,6-7H,4-5,8-9,11H2;1-2H3. The topological polar surface area (TPSA) is 26.0 Å². The number of hydrogen-bond acceptors (Lipinski definition) is 1. The van der Waals surface area contributed by atoms with Crippen LogP contribution in [0.5, 0.6) is 0 Å². The molecule has 2 N–H and O–H groups in total. The third-order valence-corrected chi connectivity index (χ3v) is 1.76. The second-order valence-electron chi connectivity index (χ2n) is 2.73. The van der Waals surface area contributed by atoms with E-state index in [2.05, 4.69) is 24.3 Å². The van der Waals surface area contributed by atoms with Crippen molar-refractivity contribution in [2.24, 2.45) is 5.73 Å². The van der Waals surface area contributed by atoms with Crippen molar-refractivity contribution in [3.8, 4) is 0 Å². The van der Waals surface area contributed by atoms with E-state index in [0.717, 1.165) is 19.4 Å². The number of benzene rings is 1. The molecule has 0 saturated carbocycles. The van der Waals surface area contributed by atoms with Crippen LogP contribution in [0.3, 0.4) is 0 Å². The Morgan fingerprint density at radius 3 is 2.15 bits per heavy atom. The van der Waals surface area contributed by atoms with Crippen molar-refractivity contribution >= 4 is 0 Å². The molecule has 74 valence electrons. The fourth-order valence-electron chi connectivity index (χ4n) is 1.12. The second-order valence-corrected chi connectivity index (χ2v) is 2.73. The molecule has 1 aromatic carbocycles. The van der Waals surface area contributed by atoms with E-state index in [-0.39, 0.29) is 0 Å². The summed E-state index contributed by atoms with van der Waals surface area (Å²) >= 11 is 0. The highest BCUT2D eigenvalue weighted by atomic mass is 14.5. The number of aryl methyl sites for hydroxylation is 1. The van der Waals surface area contributed by atoms with Gasteiger partial charge in [0.1, 0.15) is 0 Å². The van der Waals surface area contributed by atoms with Crippen LogP contribution in [0.2, 0.25) is 0 Å². The van der Waals surface area contributed by atoms with Crippen molar-refractivity contribution < 1.29 is 0 Å². The Bertz CT molecular complexity index is 182. The van der Waals surface area contributed by atoms with Gasteiger partial charge in [-0.3, -0.25) is 0 Å². The molecule has 0 aliphatic heterocycles. The minimum atomic E-state index is 0.812. The molecule has 13 heavy (non-hydrogen) atoms. The molecule has 0 aliphatic carbocycles. The molecule has 0 radical (unpaired) electrons. The zero-order chi connectivity index (χ0) is 9.94. The Morgan fingerprint density at radius 2 is 1.62 bits per heavy atom. The average Bonchev–Trinajstić information content (AvgIpc) is 2.23. The van der Waals surface area contributed by atoms with Gasteiger partial charge in [-0.25, -0.2) is 0 Å². The van der Waals surface area contributed by atoms with Crippen molar-refractivity contribution in [3.05, 3.63) is 35.9 Å². The fraction of sp³-hybridized carbons (Fsp3) is 0.500. The maximum atomic E-state index is 5.39. The van der Waals surface area contributed by atoms with E-state index in [9.17, 15) is 0 Å². The molecule has 1 heteroatoms. The smallest absolute Gasteiger partial charge is 0.00772 e. The molecule has 0 unspecified atom stereocenters. The Balaban J connectivity index is 0.000000671. The molecular weight excluding hydrogens is 158 g/mol. The highest BCUT2D eigenvalue weighted by Gasteiger charge is 1.89. The van der Waals surface area contributed by atoms with E-state index in [1.807, 2.05) is 19.9 Å². The summed E-state index contributed by atoms with van der Waals surface area (Å²) in [4.78, 5) is 0. The predicted molar refractivity (Wildman–Crippen MR) is 59.8 cm³/mol. The van der Waals surface area contributed by atoms with Gasteiger partial charge in [0.15, 0.2) is 0 Å². The highest BCUT2D eigenvalue weighted by Crippen LogP contribution is 2.03. The summed E-state index contributed by atoms with van der Waals surface area (Å²) in [6, 6.07) is 10.5. The molecule has 1 aromatic rings. The molecule has 0 fully saturated rings. The van der Waals surface area contributed by atoms with Crippen molar-refractivity contribution in [1.82, 2.24) is 0 Å². The summed E-state index contributed by atoms with van der Waals surface area (Å²) in [5.41, 5.74) is 6.81. The van der Waals surface area contributed by atoms with E-state index in [1.54, 1.807) is 0 Å². The van der Waals surface area contributed by atoms with Crippen molar-refractivity contribution in [1.29, 1.82) is 0 Å². The lowest BCUT2D eigenvalue weighted by Crippen LogP contribution is -1.98. The molecule has 0 heterocycles. The Morgan fingerprint density at radius 1 is 1.00 bits per heavy atom. The van der Waals surface area contributed by atoms with E-state index in [4.69, 9.17) is 5.73 Å². The first-order valence-electron chi connectivity index (χ1n) is 5.17. The molecule has 0 spiro atoms. The molecule has 1 rings (SSSR count). The van der Waals surface area contributed by atoms with Crippen LogP contribution in [-0.2, 0) is 6.42 Å². The Hall–Kier alpha value is -0.820. The number of rotatable bonds is 4. The van der Waals surface area contributed by atoms with Gasteiger partial charge in [0.05, 0.1) is 0 Å².